The van der Waals surface area contributed by atoms with Gasteiger partial charge < -0.3 is 19.7 Å². The Hall–Kier alpha value is -1.98. The van der Waals surface area contributed by atoms with Gasteiger partial charge >= 0.3 is 0 Å². The van der Waals surface area contributed by atoms with E-state index in [-0.39, 0.29) is 28.0 Å². The Morgan fingerprint density at radius 1 is 1.55 bits per heavy atom. The van der Waals surface area contributed by atoms with Crippen LogP contribution in [0.5, 0.6) is 5.75 Å². The summed E-state index contributed by atoms with van der Waals surface area (Å²) in [5.74, 6) is -0.377. The van der Waals surface area contributed by atoms with Crippen LogP contribution in [-0.2, 0) is 9.53 Å². The van der Waals surface area contributed by atoms with Crippen LogP contribution >= 0.6 is 11.8 Å². The zero-order chi connectivity index (χ0) is 14.5. The van der Waals surface area contributed by atoms with Crippen molar-refractivity contribution in [1.29, 1.82) is 5.26 Å². The molecule has 0 atom stereocenters. The molecule has 20 heavy (non-hydrogen) atoms. The Bertz CT molecular complexity index is 602. The Balaban J connectivity index is 2.05. The highest BCUT2D eigenvalue weighted by Gasteiger charge is 2.18. The quantitative estimate of drug-likeness (QED) is 0.754. The average Bonchev–Trinajstić information content (AvgIpc) is 2.45. The first-order chi connectivity index (χ1) is 9.61. The van der Waals surface area contributed by atoms with Gasteiger partial charge in [0.05, 0.1) is 24.0 Å². The number of aromatic amines is 1. The van der Waals surface area contributed by atoms with Crippen LogP contribution in [0.1, 0.15) is 5.56 Å². The highest BCUT2D eigenvalue weighted by molar-refractivity contribution is 8.00. The van der Waals surface area contributed by atoms with E-state index in [1.54, 1.807) is 4.90 Å². The van der Waals surface area contributed by atoms with Gasteiger partial charge in [-0.05, 0) is 0 Å². The standard InChI is InChI=1S/C12H13N3O4S/c13-6-8-9(16)5-10(17)14-12(8)20-7-11(18)15-1-3-19-4-2-15/h5H,1-4,7H2,(H2,14,16,17). The average molecular weight is 295 g/mol. The summed E-state index contributed by atoms with van der Waals surface area (Å²) in [6.07, 6.45) is 0. The molecule has 1 aliphatic rings. The van der Waals surface area contributed by atoms with Crippen LogP contribution < -0.4 is 5.56 Å². The predicted octanol–water partition coefficient (Wildman–Crippen LogP) is -0.0969. The lowest BCUT2D eigenvalue weighted by Gasteiger charge is -2.26. The van der Waals surface area contributed by atoms with E-state index >= 15 is 0 Å². The summed E-state index contributed by atoms with van der Waals surface area (Å²) < 4.78 is 5.16. The number of hydrogen-bond acceptors (Lipinski definition) is 6. The molecule has 2 rings (SSSR count). The van der Waals surface area contributed by atoms with Crippen LogP contribution in [0.4, 0.5) is 0 Å². The first kappa shape index (κ1) is 14.4. The molecule has 0 radical (unpaired) electrons. The van der Waals surface area contributed by atoms with Gasteiger partial charge in [-0.15, -0.1) is 0 Å². The van der Waals surface area contributed by atoms with E-state index in [1.807, 2.05) is 6.07 Å². The van der Waals surface area contributed by atoms with Crippen molar-refractivity contribution in [2.45, 2.75) is 5.03 Å². The fourth-order valence-electron chi connectivity index (χ4n) is 1.78. The third kappa shape index (κ3) is 3.31. The number of pyridine rings is 1. The largest absolute Gasteiger partial charge is 0.506 e. The van der Waals surface area contributed by atoms with E-state index in [1.165, 1.54) is 0 Å². The van der Waals surface area contributed by atoms with E-state index in [4.69, 9.17) is 10.00 Å². The van der Waals surface area contributed by atoms with Crippen molar-refractivity contribution in [3.05, 3.63) is 22.0 Å². The molecule has 1 aromatic rings. The number of nitrogens with zero attached hydrogens (tertiary/aromatic N) is 2. The summed E-state index contributed by atoms with van der Waals surface area (Å²) in [7, 11) is 0. The maximum Gasteiger partial charge on any atom is 0.252 e. The van der Waals surface area contributed by atoms with Crippen molar-refractivity contribution in [3.8, 4) is 11.8 Å². The molecule has 2 heterocycles. The van der Waals surface area contributed by atoms with Crippen LogP contribution in [0.2, 0.25) is 0 Å². The Labute approximate surface area is 119 Å². The van der Waals surface area contributed by atoms with Crippen molar-refractivity contribution >= 4 is 17.7 Å². The Kier molecular flexibility index (Phi) is 4.65. The molecule has 8 heteroatoms. The normalized spacial score (nSPS) is 14.8. The molecule has 1 saturated heterocycles. The van der Waals surface area contributed by atoms with Crippen LogP contribution in [-0.4, -0.2) is 53.0 Å². The maximum atomic E-state index is 12.0. The minimum Gasteiger partial charge on any atom is -0.506 e. The fourth-order valence-corrected chi connectivity index (χ4v) is 2.70. The van der Waals surface area contributed by atoms with Gasteiger partial charge in [0.15, 0.2) is 0 Å². The highest BCUT2D eigenvalue weighted by Crippen LogP contribution is 2.25. The molecule has 7 nitrogen and oxygen atoms in total. The summed E-state index contributed by atoms with van der Waals surface area (Å²) in [5.41, 5.74) is -0.535. The summed E-state index contributed by atoms with van der Waals surface area (Å²) >= 11 is 1.03. The van der Waals surface area contributed by atoms with Gasteiger partial charge in [0.1, 0.15) is 17.4 Å². The maximum absolute atomic E-state index is 12.0. The number of carbonyl (C=O) groups is 1. The van der Waals surface area contributed by atoms with Crippen molar-refractivity contribution < 1.29 is 14.6 Å². The number of carbonyl (C=O) groups excluding carboxylic acids is 1. The second-order valence-electron chi connectivity index (χ2n) is 4.12. The Morgan fingerprint density at radius 3 is 2.90 bits per heavy atom. The number of H-pyrrole nitrogens is 1. The number of thioether (sulfide) groups is 1. The lowest BCUT2D eigenvalue weighted by Crippen LogP contribution is -2.41. The Morgan fingerprint density at radius 2 is 2.25 bits per heavy atom. The number of aromatic hydroxyl groups is 1. The molecule has 1 fully saturated rings. The lowest BCUT2D eigenvalue weighted by atomic mass is 10.3. The minimum absolute atomic E-state index is 0.0237. The van der Waals surface area contributed by atoms with E-state index < -0.39 is 5.56 Å². The van der Waals surface area contributed by atoms with Gasteiger partial charge in [-0.3, -0.25) is 9.59 Å². The van der Waals surface area contributed by atoms with Crippen LogP contribution in [0, 0.1) is 11.3 Å². The molecule has 106 valence electrons. The van der Waals surface area contributed by atoms with Gasteiger partial charge in [0.25, 0.3) is 5.56 Å². The molecule has 1 aliphatic heterocycles. The summed E-state index contributed by atoms with van der Waals surface area (Å²) in [6.45, 7) is 2.12. The van der Waals surface area contributed by atoms with E-state index in [2.05, 4.69) is 4.98 Å². The summed E-state index contributed by atoms with van der Waals surface area (Å²) in [5, 5.41) is 18.7. The number of morpholine rings is 1. The van der Waals surface area contributed by atoms with Gasteiger partial charge in [0.2, 0.25) is 5.91 Å². The first-order valence-electron chi connectivity index (χ1n) is 5.96. The van der Waals surface area contributed by atoms with E-state index in [9.17, 15) is 14.7 Å². The van der Waals surface area contributed by atoms with Crippen LogP contribution in [0.25, 0.3) is 0 Å². The molecule has 0 bridgehead atoms. The third-order valence-corrected chi connectivity index (χ3v) is 3.79. The second kappa shape index (κ2) is 6.45. The number of amides is 1. The number of nitriles is 1. The lowest BCUT2D eigenvalue weighted by molar-refractivity contribution is -0.132. The fraction of sp³-hybridized carbons (Fsp3) is 0.417. The molecule has 0 spiro atoms. The molecule has 0 unspecified atom stereocenters. The zero-order valence-corrected chi connectivity index (χ0v) is 11.4. The van der Waals surface area contributed by atoms with E-state index in [0.29, 0.717) is 26.3 Å². The number of rotatable bonds is 3. The van der Waals surface area contributed by atoms with Crippen molar-refractivity contribution in [2.24, 2.45) is 0 Å². The SMILES string of the molecule is N#Cc1c(O)cc(=O)[nH]c1SCC(=O)N1CCOCC1. The third-order valence-electron chi connectivity index (χ3n) is 2.80. The summed E-state index contributed by atoms with van der Waals surface area (Å²) in [4.78, 5) is 27.4. The van der Waals surface area contributed by atoms with Gasteiger partial charge in [-0.1, -0.05) is 11.8 Å². The molecule has 0 aliphatic carbocycles. The first-order valence-corrected chi connectivity index (χ1v) is 6.95. The van der Waals surface area contributed by atoms with Crippen molar-refractivity contribution in [3.63, 3.8) is 0 Å². The molecule has 1 amide bonds. The molecule has 0 aromatic carbocycles. The topological polar surface area (TPSA) is 106 Å². The summed E-state index contributed by atoms with van der Waals surface area (Å²) in [6, 6.07) is 2.75. The molecular weight excluding hydrogens is 282 g/mol. The highest BCUT2D eigenvalue weighted by atomic mass is 32.2. The smallest absolute Gasteiger partial charge is 0.252 e. The van der Waals surface area contributed by atoms with Crippen LogP contribution in [0.3, 0.4) is 0 Å². The van der Waals surface area contributed by atoms with Gasteiger partial charge in [-0.25, -0.2) is 0 Å². The molecular formula is C12H13N3O4S. The molecule has 1 aromatic heterocycles. The predicted molar refractivity (Wildman–Crippen MR) is 71.6 cm³/mol. The number of ether oxygens (including phenoxy) is 1. The number of aromatic nitrogens is 1. The second-order valence-corrected chi connectivity index (χ2v) is 5.10. The molecule has 0 saturated carbocycles. The number of hydrogen-bond donors (Lipinski definition) is 2. The number of nitrogens with one attached hydrogen (secondary N) is 1. The zero-order valence-electron chi connectivity index (χ0n) is 10.6. The monoisotopic (exact) mass is 295 g/mol. The minimum atomic E-state index is -0.511. The van der Waals surface area contributed by atoms with Crippen molar-refractivity contribution in [1.82, 2.24) is 9.88 Å². The van der Waals surface area contributed by atoms with Gasteiger partial charge in [0, 0.05) is 19.2 Å². The van der Waals surface area contributed by atoms with Crippen LogP contribution in [0.15, 0.2) is 15.9 Å². The van der Waals surface area contributed by atoms with E-state index in [0.717, 1.165) is 17.8 Å². The van der Waals surface area contributed by atoms with Crippen molar-refractivity contribution in [2.75, 3.05) is 32.1 Å². The molecule has 2 N–H and O–H groups in total. The van der Waals surface area contributed by atoms with Gasteiger partial charge in [-0.2, -0.15) is 5.26 Å².